The number of rotatable bonds is 7. The van der Waals surface area contributed by atoms with Crippen LogP contribution in [0.3, 0.4) is 0 Å². The number of carboxylic acid groups (broad SMARTS) is 1. The van der Waals surface area contributed by atoms with E-state index in [-0.39, 0.29) is 11.4 Å². The van der Waals surface area contributed by atoms with Crippen LogP contribution in [-0.2, 0) is 14.9 Å². The predicted molar refractivity (Wildman–Crippen MR) is 144 cm³/mol. The van der Waals surface area contributed by atoms with E-state index in [9.17, 15) is 20.0 Å². The Balaban J connectivity index is 1.53. The summed E-state index contributed by atoms with van der Waals surface area (Å²) in [6, 6.07) is 23.8. The molecule has 0 aliphatic heterocycles. The van der Waals surface area contributed by atoms with Gasteiger partial charge in [0.05, 0.1) is 17.3 Å². The fourth-order valence-corrected chi connectivity index (χ4v) is 4.19. The first-order valence-electron chi connectivity index (χ1n) is 11.8. The van der Waals surface area contributed by atoms with Gasteiger partial charge in [0.25, 0.3) is 0 Å². The van der Waals surface area contributed by atoms with Gasteiger partial charge < -0.3 is 9.84 Å². The maximum Gasteiger partial charge on any atom is 0.413 e. The maximum absolute atomic E-state index is 12.7. The van der Waals surface area contributed by atoms with Crippen LogP contribution in [-0.4, -0.2) is 26.9 Å². The fourth-order valence-electron chi connectivity index (χ4n) is 3.90. The van der Waals surface area contributed by atoms with Crippen LogP contribution in [0, 0.1) is 11.3 Å². The Kier molecular flexibility index (Phi) is 7.51. The molecule has 0 saturated carbocycles. The molecular weight excluding hydrogens is 504 g/mol. The molecule has 192 valence electrons. The van der Waals surface area contributed by atoms with Gasteiger partial charge in [-0.05, 0) is 55.7 Å². The molecule has 8 nitrogen and oxygen atoms in total. The van der Waals surface area contributed by atoms with Crippen LogP contribution in [0.25, 0.3) is 16.8 Å². The predicted octanol–water partition coefficient (Wildman–Crippen LogP) is 6.74. The Morgan fingerprint density at radius 2 is 1.66 bits per heavy atom. The third kappa shape index (κ3) is 5.38. The molecule has 1 heterocycles. The summed E-state index contributed by atoms with van der Waals surface area (Å²) in [6.45, 7) is 5.03. The molecule has 3 aromatic carbocycles. The minimum Gasteiger partial charge on any atom is -0.481 e. The van der Waals surface area contributed by atoms with E-state index in [0.29, 0.717) is 21.8 Å². The Labute approximate surface area is 225 Å². The van der Waals surface area contributed by atoms with E-state index in [4.69, 9.17) is 16.3 Å². The zero-order chi connectivity index (χ0) is 27.4. The summed E-state index contributed by atoms with van der Waals surface area (Å²) in [5.74, 6) is -0.714. The summed E-state index contributed by atoms with van der Waals surface area (Å²) in [5.41, 5.74) is 2.99. The monoisotopic (exact) mass is 528 g/mol. The summed E-state index contributed by atoms with van der Waals surface area (Å²) in [4.78, 5) is 24.2. The van der Waals surface area contributed by atoms with Crippen LogP contribution >= 0.6 is 11.6 Å². The molecule has 0 aliphatic rings. The average Bonchev–Trinajstić information content (AvgIpc) is 3.31. The van der Waals surface area contributed by atoms with Gasteiger partial charge in [0.15, 0.2) is 5.82 Å². The number of nitrogens with one attached hydrogen (secondary N) is 1. The fraction of sp³-hybridized carbons (Fsp3) is 0.172. The Morgan fingerprint density at radius 3 is 2.24 bits per heavy atom. The third-order valence-corrected chi connectivity index (χ3v) is 6.67. The average molecular weight is 529 g/mol. The van der Waals surface area contributed by atoms with Gasteiger partial charge in [0, 0.05) is 10.6 Å². The molecule has 0 aliphatic carbocycles. The normalized spacial score (nSPS) is 11.9. The van der Waals surface area contributed by atoms with E-state index in [0.717, 1.165) is 11.1 Å². The van der Waals surface area contributed by atoms with E-state index < -0.39 is 23.6 Å². The zero-order valence-electron chi connectivity index (χ0n) is 21.0. The SMILES string of the molecule is C[C@@H](OC(=O)Nc1c(C#N)cnn1-c1ccc(-c2ccc(C(C)(C)C(=O)O)cc2)cc1)c1ccccc1Cl. The second-order valence-corrected chi connectivity index (χ2v) is 9.59. The molecule has 0 bridgehead atoms. The number of carboxylic acids is 1. The topological polar surface area (TPSA) is 117 Å². The van der Waals surface area contributed by atoms with Crippen LogP contribution in [0.15, 0.2) is 79.0 Å². The molecule has 0 radical (unpaired) electrons. The number of benzene rings is 3. The second-order valence-electron chi connectivity index (χ2n) is 9.18. The second kappa shape index (κ2) is 10.8. The molecule has 4 aromatic rings. The Morgan fingerprint density at radius 1 is 1.05 bits per heavy atom. The molecule has 0 unspecified atom stereocenters. The number of amides is 1. The lowest BCUT2D eigenvalue weighted by Gasteiger charge is -2.20. The summed E-state index contributed by atoms with van der Waals surface area (Å²) in [7, 11) is 0. The first kappa shape index (κ1) is 26.5. The van der Waals surface area contributed by atoms with Gasteiger partial charge >= 0.3 is 12.1 Å². The van der Waals surface area contributed by atoms with E-state index >= 15 is 0 Å². The van der Waals surface area contributed by atoms with Crippen molar-refractivity contribution in [3.8, 4) is 22.9 Å². The smallest absolute Gasteiger partial charge is 0.413 e. The van der Waals surface area contributed by atoms with Crippen LogP contribution in [0.5, 0.6) is 0 Å². The first-order chi connectivity index (χ1) is 18.1. The molecule has 9 heteroatoms. The quantitative estimate of drug-likeness (QED) is 0.274. The van der Waals surface area contributed by atoms with Gasteiger partial charge in [-0.2, -0.15) is 10.4 Å². The number of carbonyl (C=O) groups is 2. The van der Waals surface area contributed by atoms with Crippen LogP contribution in [0.1, 0.15) is 43.6 Å². The molecule has 2 N–H and O–H groups in total. The van der Waals surface area contributed by atoms with Crippen molar-refractivity contribution in [1.29, 1.82) is 5.26 Å². The first-order valence-corrected chi connectivity index (χ1v) is 12.1. The number of nitriles is 1. The Bertz CT molecular complexity index is 1520. The lowest BCUT2D eigenvalue weighted by molar-refractivity contribution is -0.142. The number of aromatic nitrogens is 2. The number of nitrogens with zero attached hydrogens (tertiary/aromatic N) is 3. The van der Waals surface area contributed by atoms with Crippen LogP contribution < -0.4 is 5.32 Å². The van der Waals surface area contributed by atoms with Crippen LogP contribution in [0.4, 0.5) is 10.6 Å². The van der Waals surface area contributed by atoms with Gasteiger partial charge in [0.2, 0.25) is 0 Å². The number of carbonyl (C=O) groups excluding carboxylic acids is 1. The van der Waals surface area contributed by atoms with Crippen molar-refractivity contribution < 1.29 is 19.4 Å². The summed E-state index contributed by atoms with van der Waals surface area (Å²) in [6.07, 6.45) is -0.00163. The zero-order valence-corrected chi connectivity index (χ0v) is 21.7. The van der Waals surface area contributed by atoms with Crippen molar-refractivity contribution in [1.82, 2.24) is 9.78 Å². The summed E-state index contributed by atoms with van der Waals surface area (Å²) in [5, 5.41) is 26.4. The highest BCUT2D eigenvalue weighted by atomic mass is 35.5. The van der Waals surface area contributed by atoms with Gasteiger partial charge in [-0.25, -0.2) is 9.48 Å². The van der Waals surface area contributed by atoms with Gasteiger partial charge in [0.1, 0.15) is 17.7 Å². The van der Waals surface area contributed by atoms with E-state index in [1.54, 1.807) is 57.2 Å². The third-order valence-electron chi connectivity index (χ3n) is 6.32. The van der Waals surface area contributed by atoms with Crippen molar-refractivity contribution in [3.63, 3.8) is 0 Å². The molecular formula is C29H25ClN4O4. The van der Waals surface area contributed by atoms with Gasteiger partial charge in [-0.15, -0.1) is 0 Å². The van der Waals surface area contributed by atoms with E-state index in [2.05, 4.69) is 10.4 Å². The summed E-state index contributed by atoms with van der Waals surface area (Å²) >= 11 is 6.20. The number of anilines is 1. The molecule has 38 heavy (non-hydrogen) atoms. The summed E-state index contributed by atoms with van der Waals surface area (Å²) < 4.78 is 6.93. The highest BCUT2D eigenvalue weighted by molar-refractivity contribution is 6.31. The van der Waals surface area contributed by atoms with Gasteiger partial charge in [-0.3, -0.25) is 10.1 Å². The van der Waals surface area contributed by atoms with E-state index in [1.807, 2.05) is 42.5 Å². The van der Waals surface area contributed by atoms with E-state index in [1.165, 1.54) is 10.9 Å². The number of hydrogen-bond acceptors (Lipinski definition) is 5. The molecule has 0 spiro atoms. The number of halogens is 1. The van der Waals surface area contributed by atoms with Crippen molar-refractivity contribution in [2.24, 2.45) is 0 Å². The minimum atomic E-state index is -0.989. The van der Waals surface area contributed by atoms with Gasteiger partial charge in [-0.1, -0.05) is 66.2 Å². The minimum absolute atomic E-state index is 0.174. The molecule has 1 aromatic heterocycles. The molecule has 0 saturated heterocycles. The number of ether oxygens (including phenoxy) is 1. The lowest BCUT2D eigenvalue weighted by atomic mass is 9.84. The highest BCUT2D eigenvalue weighted by Gasteiger charge is 2.29. The molecule has 1 atom stereocenters. The number of hydrogen-bond donors (Lipinski definition) is 2. The number of aliphatic carboxylic acids is 1. The van der Waals surface area contributed by atoms with Crippen molar-refractivity contribution in [2.45, 2.75) is 32.3 Å². The Hall–Kier alpha value is -4.61. The highest BCUT2D eigenvalue weighted by Crippen LogP contribution is 2.29. The molecule has 1 amide bonds. The maximum atomic E-state index is 12.7. The van der Waals surface area contributed by atoms with Crippen molar-refractivity contribution in [3.05, 3.63) is 101 Å². The van der Waals surface area contributed by atoms with Crippen molar-refractivity contribution >= 4 is 29.5 Å². The lowest BCUT2D eigenvalue weighted by Crippen LogP contribution is -2.28. The molecule has 0 fully saturated rings. The standard InChI is InChI=1S/C29H25ClN4O4/c1-18(24-6-4-5-7-25(24)30)38-28(37)33-26-21(16-31)17-32-34(26)23-14-10-20(11-15-23)19-8-12-22(13-9-19)29(2,3)27(35)36/h4-15,17-18H,1-3H3,(H,33,37)(H,35,36)/t18-/m1/s1. The van der Waals surface area contributed by atoms with Crippen LogP contribution in [0.2, 0.25) is 5.02 Å². The largest absolute Gasteiger partial charge is 0.481 e. The van der Waals surface area contributed by atoms with Crippen molar-refractivity contribution in [2.75, 3.05) is 5.32 Å². The molecule has 4 rings (SSSR count).